The lowest BCUT2D eigenvalue weighted by Crippen LogP contribution is -2.31. The van der Waals surface area contributed by atoms with Gasteiger partial charge in [-0.15, -0.1) is 0 Å². The lowest BCUT2D eigenvalue weighted by Gasteiger charge is -2.23. The van der Waals surface area contributed by atoms with Crippen molar-refractivity contribution < 1.29 is 17.9 Å². The number of rotatable bonds is 9. The Morgan fingerprint density at radius 1 is 1.06 bits per heavy atom. The molecule has 1 aliphatic rings. The van der Waals surface area contributed by atoms with Crippen LogP contribution in [0.4, 0.5) is 17.1 Å². The van der Waals surface area contributed by atoms with Gasteiger partial charge in [-0.2, -0.15) is 0 Å². The van der Waals surface area contributed by atoms with Crippen LogP contribution in [0.25, 0.3) is 0 Å². The Labute approximate surface area is 189 Å². The molecule has 0 radical (unpaired) electrons. The molecule has 0 saturated carbocycles. The minimum atomic E-state index is -3.84. The van der Waals surface area contributed by atoms with Crippen LogP contribution in [-0.2, 0) is 14.8 Å². The second kappa shape index (κ2) is 10.7. The highest BCUT2D eigenvalue weighted by Gasteiger charge is 2.25. The Hall–Kier alpha value is -2.56. The molecule has 2 aromatic rings. The van der Waals surface area contributed by atoms with Gasteiger partial charge in [0.15, 0.2) is 5.11 Å². The second-order valence-electron chi connectivity index (χ2n) is 7.08. The summed E-state index contributed by atoms with van der Waals surface area (Å²) in [5, 5.41) is 6.47. The molecule has 0 bridgehead atoms. The average Bonchev–Trinajstić information content (AvgIpc) is 3.29. The second-order valence-corrected chi connectivity index (χ2v) is 9.14. The predicted octanol–water partition coefficient (Wildman–Crippen LogP) is 3.03. The van der Waals surface area contributed by atoms with E-state index in [1.807, 2.05) is 12.1 Å². The summed E-state index contributed by atoms with van der Waals surface area (Å²) in [4.78, 5) is 2.30. The van der Waals surface area contributed by atoms with Gasteiger partial charge in [-0.1, -0.05) is 0 Å². The summed E-state index contributed by atoms with van der Waals surface area (Å²) in [6.45, 7) is 2.73. The van der Waals surface area contributed by atoms with Gasteiger partial charge in [0, 0.05) is 38.1 Å². The molecule has 168 valence electrons. The van der Waals surface area contributed by atoms with Crippen molar-refractivity contribution in [3.8, 4) is 5.75 Å². The maximum atomic E-state index is 13.3. The number of anilines is 3. The zero-order valence-corrected chi connectivity index (χ0v) is 19.3. The normalized spacial score (nSPS) is 13.7. The smallest absolute Gasteiger partial charge is 0.264 e. The first-order chi connectivity index (χ1) is 14.9. The maximum absolute atomic E-state index is 13.3. The van der Waals surface area contributed by atoms with Crippen LogP contribution in [0.3, 0.4) is 0 Å². The molecule has 2 aromatic carbocycles. The van der Waals surface area contributed by atoms with E-state index >= 15 is 0 Å². The molecule has 0 aliphatic carbocycles. The summed E-state index contributed by atoms with van der Waals surface area (Å²) in [6, 6.07) is 12.0. The SMILES string of the molecule is COCCNC(=S)Nc1ccc(N2CCCC2)c(S(=O)(=O)Nc2ccc(OC)cc2)c1. The standard InChI is InChI=1S/C21H28N4O4S2/c1-28-14-11-22-21(30)23-17-7-10-19(25-12-3-4-13-25)20(15-17)31(26,27)24-16-5-8-18(29-2)9-6-16/h5-10,15,24H,3-4,11-14H2,1-2H3,(H2,22,23,30). The number of hydrogen-bond donors (Lipinski definition) is 3. The lowest BCUT2D eigenvalue weighted by atomic mass is 10.2. The van der Waals surface area contributed by atoms with Crippen LogP contribution in [0.5, 0.6) is 5.75 Å². The van der Waals surface area contributed by atoms with E-state index in [0.29, 0.717) is 41.1 Å². The largest absolute Gasteiger partial charge is 0.497 e. The lowest BCUT2D eigenvalue weighted by molar-refractivity contribution is 0.204. The van der Waals surface area contributed by atoms with Crippen LogP contribution in [0.1, 0.15) is 12.8 Å². The quantitative estimate of drug-likeness (QED) is 0.385. The van der Waals surface area contributed by atoms with Crippen LogP contribution in [0, 0.1) is 0 Å². The van der Waals surface area contributed by atoms with Gasteiger partial charge >= 0.3 is 0 Å². The number of thiocarbonyl (C=S) groups is 1. The first-order valence-electron chi connectivity index (χ1n) is 10.0. The molecule has 0 aromatic heterocycles. The van der Waals surface area contributed by atoms with E-state index in [0.717, 1.165) is 25.9 Å². The van der Waals surface area contributed by atoms with Gasteiger partial charge in [-0.05, 0) is 67.5 Å². The third-order valence-electron chi connectivity index (χ3n) is 4.89. The van der Waals surface area contributed by atoms with E-state index in [1.54, 1.807) is 44.6 Å². The molecule has 8 nitrogen and oxygen atoms in total. The molecule has 1 heterocycles. The number of methoxy groups -OCH3 is 2. The van der Waals surface area contributed by atoms with E-state index in [9.17, 15) is 8.42 Å². The number of nitrogens with zero attached hydrogens (tertiary/aromatic N) is 1. The predicted molar refractivity (Wildman–Crippen MR) is 128 cm³/mol. The Balaban J connectivity index is 1.87. The Morgan fingerprint density at radius 3 is 2.39 bits per heavy atom. The molecule has 1 aliphatic heterocycles. The summed E-state index contributed by atoms with van der Waals surface area (Å²) in [6.07, 6.45) is 2.08. The number of benzene rings is 2. The molecule has 3 rings (SSSR count). The number of hydrogen-bond acceptors (Lipinski definition) is 6. The summed E-state index contributed by atoms with van der Waals surface area (Å²) < 4.78 is 39.5. The fourth-order valence-electron chi connectivity index (χ4n) is 3.34. The maximum Gasteiger partial charge on any atom is 0.264 e. The molecule has 3 N–H and O–H groups in total. The van der Waals surface area contributed by atoms with Gasteiger partial charge in [-0.3, -0.25) is 4.72 Å². The van der Waals surface area contributed by atoms with E-state index < -0.39 is 10.0 Å². The van der Waals surface area contributed by atoms with Crippen LogP contribution < -0.4 is 25.0 Å². The minimum absolute atomic E-state index is 0.204. The van der Waals surface area contributed by atoms with Crippen molar-refractivity contribution in [3.05, 3.63) is 42.5 Å². The molecule has 10 heteroatoms. The first kappa shape index (κ1) is 23.1. The Bertz CT molecular complexity index is 991. The molecule has 0 unspecified atom stereocenters. The highest BCUT2D eigenvalue weighted by Crippen LogP contribution is 2.32. The summed E-state index contributed by atoms with van der Waals surface area (Å²) in [5.74, 6) is 0.654. The fraction of sp³-hybridized carbons (Fsp3) is 0.381. The minimum Gasteiger partial charge on any atom is -0.497 e. The van der Waals surface area contributed by atoms with Gasteiger partial charge in [0.2, 0.25) is 0 Å². The van der Waals surface area contributed by atoms with Crippen molar-refractivity contribution in [2.45, 2.75) is 17.7 Å². The number of nitrogens with one attached hydrogen (secondary N) is 3. The average molecular weight is 465 g/mol. The van der Waals surface area contributed by atoms with Gasteiger partial charge in [0.05, 0.1) is 19.4 Å². The van der Waals surface area contributed by atoms with Crippen molar-refractivity contribution in [3.63, 3.8) is 0 Å². The summed E-state index contributed by atoms with van der Waals surface area (Å²) in [7, 11) is -0.659. The molecule has 0 spiro atoms. The van der Waals surface area contributed by atoms with E-state index in [1.165, 1.54) is 0 Å². The third kappa shape index (κ3) is 6.22. The number of ether oxygens (including phenoxy) is 2. The van der Waals surface area contributed by atoms with Crippen molar-refractivity contribution in [2.75, 3.05) is 55.4 Å². The summed E-state index contributed by atoms with van der Waals surface area (Å²) in [5.41, 5.74) is 1.73. The molecular weight excluding hydrogens is 436 g/mol. The molecule has 31 heavy (non-hydrogen) atoms. The molecule has 1 saturated heterocycles. The summed E-state index contributed by atoms with van der Waals surface area (Å²) >= 11 is 5.29. The van der Waals surface area contributed by atoms with Crippen molar-refractivity contribution in [1.29, 1.82) is 0 Å². The topological polar surface area (TPSA) is 91.9 Å². The number of sulfonamides is 1. The highest BCUT2D eigenvalue weighted by molar-refractivity contribution is 7.93. The third-order valence-corrected chi connectivity index (χ3v) is 6.54. The van der Waals surface area contributed by atoms with Crippen molar-refractivity contribution >= 4 is 44.4 Å². The zero-order valence-electron chi connectivity index (χ0n) is 17.7. The Morgan fingerprint density at radius 2 is 1.74 bits per heavy atom. The first-order valence-corrected chi connectivity index (χ1v) is 11.9. The molecule has 0 atom stereocenters. The van der Waals surface area contributed by atoms with E-state index in [-0.39, 0.29) is 4.90 Å². The fourth-order valence-corrected chi connectivity index (χ4v) is 4.87. The van der Waals surface area contributed by atoms with E-state index in [2.05, 4.69) is 20.3 Å². The zero-order chi connectivity index (χ0) is 22.3. The van der Waals surface area contributed by atoms with Gasteiger partial charge in [0.1, 0.15) is 10.6 Å². The van der Waals surface area contributed by atoms with Gasteiger partial charge in [-0.25, -0.2) is 8.42 Å². The van der Waals surface area contributed by atoms with E-state index in [4.69, 9.17) is 21.7 Å². The molecule has 1 fully saturated rings. The van der Waals surface area contributed by atoms with Gasteiger partial charge < -0.3 is 25.0 Å². The van der Waals surface area contributed by atoms with Crippen LogP contribution in [0.15, 0.2) is 47.4 Å². The monoisotopic (exact) mass is 464 g/mol. The Kier molecular flexibility index (Phi) is 7.94. The van der Waals surface area contributed by atoms with Crippen molar-refractivity contribution in [2.24, 2.45) is 0 Å². The molecular formula is C21H28N4O4S2. The van der Waals surface area contributed by atoms with Crippen LogP contribution in [-0.4, -0.2) is 54.0 Å². The van der Waals surface area contributed by atoms with Gasteiger partial charge in [0.25, 0.3) is 10.0 Å². The van der Waals surface area contributed by atoms with Crippen LogP contribution in [0.2, 0.25) is 0 Å². The van der Waals surface area contributed by atoms with Crippen molar-refractivity contribution in [1.82, 2.24) is 5.32 Å². The molecule has 0 amide bonds. The highest BCUT2D eigenvalue weighted by atomic mass is 32.2. The van der Waals surface area contributed by atoms with Crippen LogP contribution >= 0.6 is 12.2 Å².